The van der Waals surface area contributed by atoms with Gasteiger partial charge in [0.1, 0.15) is 12.4 Å². The summed E-state index contributed by atoms with van der Waals surface area (Å²) in [7, 11) is 0. The van der Waals surface area contributed by atoms with Crippen molar-refractivity contribution in [3.05, 3.63) is 53.1 Å². The van der Waals surface area contributed by atoms with Gasteiger partial charge in [0, 0.05) is 35.5 Å². The van der Waals surface area contributed by atoms with Gasteiger partial charge in [0.05, 0.1) is 17.4 Å². The molecule has 0 spiro atoms. The van der Waals surface area contributed by atoms with E-state index >= 15 is 0 Å². The smallest absolute Gasteiger partial charge is 0.336 e. The number of Topliss-reactive ketones (excluding diaryl/α,β-unsaturated/α-hetero) is 1. The zero-order chi connectivity index (χ0) is 20.3. The molecule has 0 bridgehead atoms. The summed E-state index contributed by atoms with van der Waals surface area (Å²) in [5.74, 6) is 0.650. The van der Waals surface area contributed by atoms with Crippen molar-refractivity contribution in [2.45, 2.75) is 40.0 Å². The van der Waals surface area contributed by atoms with E-state index in [4.69, 9.17) is 4.74 Å². The minimum atomic E-state index is -0.431. The fraction of sp³-hybridized carbons (Fsp3) is 0.500. The highest BCUT2D eigenvalue weighted by molar-refractivity contribution is 7.99. The summed E-state index contributed by atoms with van der Waals surface area (Å²) in [6.45, 7) is 8.42. The van der Waals surface area contributed by atoms with Crippen LogP contribution in [0.3, 0.4) is 0 Å². The summed E-state index contributed by atoms with van der Waals surface area (Å²) in [6.07, 6.45) is 4.27. The lowest BCUT2D eigenvalue weighted by atomic mass is 9.67. The van der Waals surface area contributed by atoms with Gasteiger partial charge in [-0.2, -0.15) is 11.8 Å². The molecule has 2 unspecified atom stereocenters. The van der Waals surface area contributed by atoms with Crippen LogP contribution in [0.5, 0.6) is 0 Å². The summed E-state index contributed by atoms with van der Waals surface area (Å²) < 4.78 is 5.55. The number of ether oxygens (including phenoxy) is 1. The first-order valence-electron chi connectivity index (χ1n) is 9.73. The molecule has 2 aliphatic rings. The van der Waals surface area contributed by atoms with Gasteiger partial charge < -0.3 is 10.1 Å². The number of hydrogen-bond donors (Lipinski definition) is 1. The fourth-order valence-electron chi connectivity index (χ4n) is 4.03. The van der Waals surface area contributed by atoms with Crippen molar-refractivity contribution < 1.29 is 14.3 Å². The average molecular weight is 401 g/mol. The third kappa shape index (κ3) is 4.32. The fourth-order valence-corrected chi connectivity index (χ4v) is 4.52. The van der Waals surface area contributed by atoms with Gasteiger partial charge >= 0.3 is 5.97 Å². The molecule has 0 radical (unpaired) electrons. The van der Waals surface area contributed by atoms with E-state index in [9.17, 15) is 9.59 Å². The lowest BCUT2D eigenvalue weighted by molar-refractivity contribution is -0.139. The number of rotatable bonds is 6. The molecule has 1 aliphatic heterocycles. The Morgan fingerprint density at radius 1 is 1.36 bits per heavy atom. The Labute approximate surface area is 171 Å². The number of nitrogens with zero attached hydrogens (tertiary/aromatic N) is 1. The second-order valence-corrected chi connectivity index (χ2v) is 9.33. The minimum absolute atomic E-state index is 0.130. The predicted molar refractivity (Wildman–Crippen MR) is 112 cm³/mol. The first-order chi connectivity index (χ1) is 13.3. The Morgan fingerprint density at radius 3 is 2.82 bits per heavy atom. The largest absolute Gasteiger partial charge is 0.461 e. The Balaban J connectivity index is 2.01. The van der Waals surface area contributed by atoms with Gasteiger partial charge in [-0.05, 0) is 30.2 Å². The zero-order valence-electron chi connectivity index (χ0n) is 17.0. The Bertz CT molecular complexity index is 814. The normalized spacial score (nSPS) is 23.6. The van der Waals surface area contributed by atoms with Crippen molar-refractivity contribution >= 4 is 23.5 Å². The summed E-state index contributed by atoms with van der Waals surface area (Å²) >= 11 is 1.73. The molecule has 1 N–H and O–H groups in total. The number of thioether (sulfide) groups is 1. The van der Waals surface area contributed by atoms with Crippen molar-refractivity contribution in [3.63, 3.8) is 0 Å². The molecule has 1 aliphatic carbocycles. The molecule has 3 rings (SSSR count). The van der Waals surface area contributed by atoms with Gasteiger partial charge in [-0.3, -0.25) is 9.78 Å². The van der Waals surface area contributed by atoms with Crippen LogP contribution < -0.4 is 5.32 Å². The summed E-state index contributed by atoms with van der Waals surface area (Å²) in [5.41, 5.74) is 2.63. The molecule has 2 atom stereocenters. The third-order valence-corrected chi connectivity index (χ3v) is 5.99. The van der Waals surface area contributed by atoms with Crippen LogP contribution in [-0.2, 0) is 14.3 Å². The van der Waals surface area contributed by atoms with Crippen LogP contribution in [-0.4, -0.2) is 34.8 Å². The van der Waals surface area contributed by atoms with Crippen LogP contribution in [0.1, 0.15) is 45.7 Å². The Hall–Kier alpha value is -2.08. The number of carbonyl (C=O) groups is 2. The Kier molecular flexibility index (Phi) is 6.28. The first kappa shape index (κ1) is 20.6. The van der Waals surface area contributed by atoms with Crippen LogP contribution in [0.4, 0.5) is 0 Å². The molecule has 0 fully saturated rings. The summed E-state index contributed by atoms with van der Waals surface area (Å²) in [4.78, 5) is 30.6. The molecule has 28 heavy (non-hydrogen) atoms. The molecular formula is C22H28N2O3S. The number of pyridine rings is 1. The number of ketones is 1. The highest BCUT2D eigenvalue weighted by Gasteiger charge is 2.46. The molecule has 0 saturated carbocycles. The number of fused-ring (bicyclic) bond motifs is 1. The molecular weight excluding hydrogens is 372 g/mol. The number of esters is 1. The maximum Gasteiger partial charge on any atom is 0.336 e. The van der Waals surface area contributed by atoms with E-state index in [-0.39, 0.29) is 17.2 Å². The SMILES string of the molecule is CCSCCOC(=O)C1=C(C)NC2=CC(C)(C)CC(=O)C2C1c1ccccn1. The molecule has 5 nitrogen and oxygen atoms in total. The molecule has 1 aromatic rings. The van der Waals surface area contributed by atoms with E-state index in [1.165, 1.54) is 0 Å². The van der Waals surface area contributed by atoms with Crippen LogP contribution >= 0.6 is 11.8 Å². The third-order valence-electron chi connectivity index (χ3n) is 5.13. The van der Waals surface area contributed by atoms with Gasteiger partial charge in [-0.1, -0.05) is 32.9 Å². The van der Waals surface area contributed by atoms with Crippen molar-refractivity contribution in [2.24, 2.45) is 11.3 Å². The molecule has 150 valence electrons. The van der Waals surface area contributed by atoms with E-state index < -0.39 is 11.8 Å². The zero-order valence-corrected chi connectivity index (χ0v) is 17.8. The second kappa shape index (κ2) is 8.52. The second-order valence-electron chi connectivity index (χ2n) is 7.94. The van der Waals surface area contributed by atoms with Gasteiger partial charge in [0.25, 0.3) is 0 Å². The molecule has 1 aromatic heterocycles. The number of hydrogen-bond acceptors (Lipinski definition) is 6. The van der Waals surface area contributed by atoms with Crippen molar-refractivity contribution in [1.82, 2.24) is 10.3 Å². The minimum Gasteiger partial charge on any atom is -0.461 e. The average Bonchev–Trinajstić information content (AvgIpc) is 2.63. The Morgan fingerprint density at radius 2 is 2.14 bits per heavy atom. The van der Waals surface area contributed by atoms with Gasteiger partial charge in [0.2, 0.25) is 0 Å². The van der Waals surface area contributed by atoms with Gasteiger partial charge in [0.15, 0.2) is 0 Å². The van der Waals surface area contributed by atoms with E-state index in [0.717, 1.165) is 28.6 Å². The molecule has 2 heterocycles. The van der Waals surface area contributed by atoms with Gasteiger partial charge in [-0.25, -0.2) is 4.79 Å². The summed E-state index contributed by atoms with van der Waals surface area (Å²) in [6, 6.07) is 5.61. The molecule has 6 heteroatoms. The number of allylic oxidation sites excluding steroid dienone is 3. The molecule has 0 aromatic carbocycles. The summed E-state index contributed by atoms with van der Waals surface area (Å²) in [5, 5.41) is 3.32. The monoisotopic (exact) mass is 400 g/mol. The first-order valence-corrected chi connectivity index (χ1v) is 10.9. The number of aromatic nitrogens is 1. The van der Waals surface area contributed by atoms with E-state index in [0.29, 0.717) is 18.6 Å². The number of nitrogens with one attached hydrogen (secondary N) is 1. The standard InChI is InChI=1S/C22H28N2O3S/c1-5-28-11-10-27-21(26)18-14(2)24-16-12-22(3,4)13-17(25)19(16)20(18)15-8-6-7-9-23-15/h6-9,12,19-20,24H,5,10-11,13H2,1-4H3. The maximum atomic E-state index is 13.1. The maximum absolute atomic E-state index is 13.1. The van der Waals surface area contributed by atoms with Crippen LogP contribution in [0.15, 0.2) is 47.4 Å². The highest BCUT2D eigenvalue weighted by Crippen LogP contribution is 2.46. The molecule has 0 saturated heterocycles. The van der Waals surface area contributed by atoms with E-state index in [1.54, 1.807) is 18.0 Å². The predicted octanol–water partition coefficient (Wildman–Crippen LogP) is 3.84. The van der Waals surface area contributed by atoms with Crippen LogP contribution in [0.25, 0.3) is 0 Å². The van der Waals surface area contributed by atoms with E-state index in [1.807, 2.05) is 25.1 Å². The topological polar surface area (TPSA) is 68.3 Å². The highest BCUT2D eigenvalue weighted by atomic mass is 32.2. The lowest BCUT2D eigenvalue weighted by Gasteiger charge is -2.41. The van der Waals surface area contributed by atoms with Crippen molar-refractivity contribution in [3.8, 4) is 0 Å². The quantitative estimate of drug-likeness (QED) is 0.578. The van der Waals surface area contributed by atoms with Crippen molar-refractivity contribution in [1.29, 1.82) is 0 Å². The van der Waals surface area contributed by atoms with Crippen LogP contribution in [0, 0.1) is 11.3 Å². The van der Waals surface area contributed by atoms with Crippen LogP contribution in [0.2, 0.25) is 0 Å². The van der Waals surface area contributed by atoms with Crippen molar-refractivity contribution in [2.75, 3.05) is 18.1 Å². The number of carbonyl (C=O) groups excluding carboxylic acids is 2. The van der Waals surface area contributed by atoms with Gasteiger partial charge in [-0.15, -0.1) is 0 Å². The lowest BCUT2D eigenvalue weighted by Crippen LogP contribution is -2.43. The molecule has 0 amide bonds. The van der Waals surface area contributed by atoms with E-state index in [2.05, 4.69) is 37.1 Å².